The number of pyridine rings is 2. The van der Waals surface area contributed by atoms with Crippen LogP contribution in [0.3, 0.4) is 0 Å². The van der Waals surface area contributed by atoms with Crippen molar-refractivity contribution in [3.05, 3.63) is 110 Å². The maximum Gasteiger partial charge on any atom is 0.267 e. The minimum absolute atomic E-state index is 0.0236. The number of benzene rings is 2. The molecule has 34 heavy (non-hydrogen) atoms. The number of hydrogen-bond donors (Lipinski definition) is 1. The Morgan fingerprint density at radius 3 is 2.41 bits per heavy atom. The van der Waals surface area contributed by atoms with Crippen LogP contribution >= 0.6 is 27.5 Å². The molecule has 0 amide bonds. The fourth-order valence-electron chi connectivity index (χ4n) is 3.73. The summed E-state index contributed by atoms with van der Waals surface area (Å²) < 4.78 is 30.6. The van der Waals surface area contributed by atoms with E-state index in [0.717, 1.165) is 10.0 Å². The summed E-state index contributed by atoms with van der Waals surface area (Å²) in [5.74, 6) is 0. The molecule has 0 spiro atoms. The van der Waals surface area contributed by atoms with Gasteiger partial charge >= 0.3 is 0 Å². The van der Waals surface area contributed by atoms with E-state index in [1.807, 2.05) is 0 Å². The first-order valence-electron chi connectivity index (χ1n) is 10.1. The largest absolute Gasteiger partial charge is 0.305 e. The van der Waals surface area contributed by atoms with Crippen LogP contribution in [-0.2, 0) is 16.4 Å². The molecule has 0 atom stereocenters. The minimum Gasteiger partial charge on any atom is -0.305 e. The van der Waals surface area contributed by atoms with Gasteiger partial charge in [-0.25, -0.2) is 13.4 Å². The normalized spacial score (nSPS) is 11.8. The molecule has 170 valence electrons. The third kappa shape index (κ3) is 3.85. The van der Waals surface area contributed by atoms with E-state index in [9.17, 15) is 13.2 Å². The summed E-state index contributed by atoms with van der Waals surface area (Å²) in [7, 11) is -4.10. The van der Waals surface area contributed by atoms with Crippen molar-refractivity contribution >= 4 is 54.0 Å². The van der Waals surface area contributed by atoms with Crippen molar-refractivity contribution in [3.8, 4) is 0 Å². The van der Waals surface area contributed by atoms with Gasteiger partial charge in [-0.15, -0.1) is 0 Å². The molecule has 10 heteroatoms. The summed E-state index contributed by atoms with van der Waals surface area (Å²) in [4.78, 5) is 17.7. The van der Waals surface area contributed by atoms with E-state index in [-0.39, 0.29) is 32.9 Å². The third-order valence-corrected chi connectivity index (χ3v) is 8.01. The third-order valence-electron chi connectivity index (χ3n) is 5.45. The lowest BCUT2D eigenvalue weighted by molar-refractivity contribution is 0.591. The Bertz CT molecular complexity index is 1800. The van der Waals surface area contributed by atoms with Crippen molar-refractivity contribution in [2.45, 2.75) is 16.3 Å². The van der Waals surface area contributed by atoms with Gasteiger partial charge in [0.2, 0.25) is 9.84 Å². The van der Waals surface area contributed by atoms with Crippen molar-refractivity contribution < 1.29 is 8.42 Å². The van der Waals surface area contributed by atoms with Crippen LogP contribution < -0.4 is 11.0 Å². The van der Waals surface area contributed by atoms with Crippen molar-refractivity contribution in [1.82, 2.24) is 14.0 Å². The molecule has 0 aliphatic carbocycles. The fourth-order valence-corrected chi connectivity index (χ4v) is 5.51. The van der Waals surface area contributed by atoms with Crippen LogP contribution in [-0.4, -0.2) is 22.4 Å². The average Bonchev–Trinajstić information content (AvgIpc) is 2.82. The monoisotopic (exact) mass is 554 g/mol. The van der Waals surface area contributed by atoms with Crippen molar-refractivity contribution in [2.24, 2.45) is 0 Å². The molecule has 2 aromatic carbocycles. The quantitative estimate of drug-likeness (QED) is 0.332. The minimum atomic E-state index is -4.10. The molecule has 0 saturated heterocycles. The molecule has 0 aliphatic rings. The molecule has 0 bridgehead atoms. The predicted octanol–water partition coefficient (Wildman–Crippen LogP) is 4.43. The van der Waals surface area contributed by atoms with E-state index >= 15 is 0 Å². The molecule has 0 saturated carbocycles. The second-order valence-electron chi connectivity index (χ2n) is 7.61. The van der Waals surface area contributed by atoms with Gasteiger partial charge in [0.15, 0.2) is 0 Å². The number of rotatable bonds is 4. The highest BCUT2D eigenvalue weighted by atomic mass is 79.9. The lowest BCUT2D eigenvalue weighted by atomic mass is 10.2. The van der Waals surface area contributed by atoms with Crippen molar-refractivity contribution in [3.63, 3.8) is 0 Å². The lowest BCUT2D eigenvalue weighted by Crippen LogP contribution is -2.30. The van der Waals surface area contributed by atoms with Gasteiger partial charge in [0, 0.05) is 15.7 Å². The first-order valence-corrected chi connectivity index (χ1v) is 12.8. The average molecular weight is 556 g/mol. The van der Waals surface area contributed by atoms with E-state index in [0.29, 0.717) is 10.7 Å². The number of nitrogens with zero attached hydrogens (tertiary/aromatic N) is 3. The summed E-state index contributed by atoms with van der Waals surface area (Å²) in [5.41, 5.74) is 0.714. The van der Waals surface area contributed by atoms with E-state index in [4.69, 9.17) is 17.0 Å². The van der Waals surface area contributed by atoms with Crippen LogP contribution in [0.2, 0.25) is 5.02 Å². The standard InChI is InChI=1S/C24H16BrClN4O3S/c25-16-6-10-18(11-7-16)34(32,33)20-13-19-23(28-21-3-1-2-12-29(21)24(19)31)30(22(20)27)14-15-4-8-17(26)9-5-15/h1-13,27H,14H2. The highest BCUT2D eigenvalue weighted by Gasteiger charge is 2.24. The predicted molar refractivity (Wildman–Crippen MR) is 133 cm³/mol. The SMILES string of the molecule is N=c1c(S(=O)(=O)c2ccc(Br)cc2)cc2c(=O)n3ccccc3nc2n1Cc1ccc(Cl)cc1. The van der Waals surface area contributed by atoms with Crippen molar-refractivity contribution in [2.75, 3.05) is 0 Å². The van der Waals surface area contributed by atoms with Gasteiger partial charge in [-0.1, -0.05) is 45.7 Å². The summed E-state index contributed by atoms with van der Waals surface area (Å²) in [6.45, 7) is 0.131. The summed E-state index contributed by atoms with van der Waals surface area (Å²) >= 11 is 9.31. The molecule has 0 radical (unpaired) electrons. The Morgan fingerprint density at radius 2 is 1.71 bits per heavy atom. The van der Waals surface area contributed by atoms with Gasteiger partial charge in [-0.2, -0.15) is 0 Å². The molecule has 0 fully saturated rings. The van der Waals surface area contributed by atoms with Crippen LogP contribution in [0.5, 0.6) is 0 Å². The molecule has 3 heterocycles. The van der Waals surface area contributed by atoms with Crippen LogP contribution in [0.15, 0.2) is 98.1 Å². The summed E-state index contributed by atoms with van der Waals surface area (Å²) in [6, 6.07) is 19.5. The zero-order valence-electron chi connectivity index (χ0n) is 17.4. The van der Waals surface area contributed by atoms with Crippen LogP contribution in [0, 0.1) is 5.41 Å². The first-order chi connectivity index (χ1) is 16.3. The second kappa shape index (κ2) is 8.50. The Morgan fingerprint density at radius 1 is 1.00 bits per heavy atom. The van der Waals surface area contributed by atoms with Crippen molar-refractivity contribution in [1.29, 1.82) is 5.41 Å². The Hall–Kier alpha value is -3.27. The molecule has 3 aromatic heterocycles. The van der Waals surface area contributed by atoms with E-state index < -0.39 is 15.4 Å². The number of hydrogen-bond acceptors (Lipinski definition) is 5. The molecule has 0 aliphatic heterocycles. The molecule has 7 nitrogen and oxygen atoms in total. The first kappa shape index (κ1) is 22.5. The molecule has 5 rings (SSSR count). The summed E-state index contributed by atoms with van der Waals surface area (Å²) in [6.07, 6.45) is 1.57. The molecule has 5 aromatic rings. The zero-order chi connectivity index (χ0) is 24.0. The molecular weight excluding hydrogens is 540 g/mol. The van der Waals surface area contributed by atoms with Crippen LogP contribution in [0.1, 0.15) is 5.56 Å². The Kier molecular flexibility index (Phi) is 5.63. The number of sulfone groups is 1. The van der Waals surface area contributed by atoms with Gasteiger partial charge in [0.05, 0.1) is 16.8 Å². The van der Waals surface area contributed by atoms with Crippen LogP contribution in [0.4, 0.5) is 0 Å². The summed E-state index contributed by atoms with van der Waals surface area (Å²) in [5, 5.41) is 9.50. The second-order valence-corrected chi connectivity index (χ2v) is 10.9. The van der Waals surface area contributed by atoms with E-state index in [1.54, 1.807) is 60.8 Å². The molecular formula is C24H16BrClN4O3S. The van der Waals surface area contributed by atoms with Crippen LogP contribution in [0.25, 0.3) is 16.7 Å². The Labute approximate surface area is 207 Å². The smallest absolute Gasteiger partial charge is 0.267 e. The Balaban J connectivity index is 1.86. The number of fused-ring (bicyclic) bond motifs is 2. The fraction of sp³-hybridized carbons (Fsp3) is 0.0417. The van der Waals surface area contributed by atoms with Gasteiger partial charge in [-0.3, -0.25) is 14.6 Å². The lowest BCUT2D eigenvalue weighted by Gasteiger charge is -2.15. The zero-order valence-corrected chi connectivity index (χ0v) is 20.6. The topological polar surface area (TPSA) is 97.3 Å². The van der Waals surface area contributed by atoms with Gasteiger partial charge in [-0.05, 0) is 60.2 Å². The number of nitrogens with one attached hydrogen (secondary N) is 1. The van der Waals surface area contributed by atoms with Gasteiger partial charge in [0.1, 0.15) is 21.7 Å². The van der Waals surface area contributed by atoms with Gasteiger partial charge in [0.25, 0.3) is 5.56 Å². The number of aromatic nitrogens is 3. The number of halogens is 2. The van der Waals surface area contributed by atoms with Gasteiger partial charge < -0.3 is 4.57 Å². The van der Waals surface area contributed by atoms with E-state index in [2.05, 4.69) is 20.9 Å². The highest BCUT2D eigenvalue weighted by molar-refractivity contribution is 9.10. The maximum absolute atomic E-state index is 13.5. The molecule has 0 unspecified atom stereocenters. The van der Waals surface area contributed by atoms with E-state index in [1.165, 1.54) is 27.2 Å². The maximum atomic E-state index is 13.5. The highest BCUT2D eigenvalue weighted by Crippen LogP contribution is 2.23. The molecule has 1 N–H and O–H groups in total.